The van der Waals surface area contributed by atoms with Gasteiger partial charge in [-0.3, -0.25) is 4.98 Å². The third-order valence-electron chi connectivity index (χ3n) is 3.10. The SMILES string of the molecule is O=c1nc(NC2CCCCC2)c2nsnc2[nH]1. The van der Waals surface area contributed by atoms with E-state index in [1.165, 1.54) is 19.3 Å². The number of aromatic amines is 1. The molecular weight excluding hydrogens is 238 g/mol. The summed E-state index contributed by atoms with van der Waals surface area (Å²) in [5.41, 5.74) is 0.817. The number of nitrogens with zero attached hydrogens (tertiary/aromatic N) is 3. The highest BCUT2D eigenvalue weighted by molar-refractivity contribution is 7.00. The maximum Gasteiger partial charge on any atom is 0.348 e. The Balaban J connectivity index is 1.93. The van der Waals surface area contributed by atoms with E-state index in [2.05, 4.69) is 24.0 Å². The normalized spacial score (nSPS) is 17.4. The molecular formula is C10H13N5OS. The molecule has 1 aliphatic rings. The first-order chi connectivity index (χ1) is 8.33. The summed E-state index contributed by atoms with van der Waals surface area (Å²) in [4.78, 5) is 17.9. The van der Waals surface area contributed by atoms with Gasteiger partial charge in [0.2, 0.25) is 0 Å². The summed E-state index contributed by atoms with van der Waals surface area (Å²) in [7, 11) is 0. The van der Waals surface area contributed by atoms with Gasteiger partial charge in [-0.25, -0.2) is 4.79 Å². The summed E-state index contributed by atoms with van der Waals surface area (Å²) in [6, 6.07) is 0.406. The molecule has 0 saturated heterocycles. The fourth-order valence-corrected chi connectivity index (χ4v) is 2.76. The summed E-state index contributed by atoms with van der Waals surface area (Å²) in [5, 5.41) is 3.32. The van der Waals surface area contributed by atoms with Gasteiger partial charge in [0.15, 0.2) is 17.0 Å². The second-order valence-electron chi connectivity index (χ2n) is 4.33. The van der Waals surface area contributed by atoms with Crippen molar-refractivity contribution in [3.05, 3.63) is 10.5 Å². The fraction of sp³-hybridized carbons (Fsp3) is 0.600. The molecule has 90 valence electrons. The topological polar surface area (TPSA) is 83.6 Å². The average molecular weight is 251 g/mol. The Bertz CT molecular complexity index is 571. The quantitative estimate of drug-likeness (QED) is 0.845. The second-order valence-corrected chi connectivity index (χ2v) is 4.86. The second kappa shape index (κ2) is 4.40. The van der Waals surface area contributed by atoms with Gasteiger partial charge < -0.3 is 5.32 Å². The standard InChI is InChI=1S/C10H13N5OS/c16-10-12-8(7-9(13-10)15-17-14-7)11-6-4-2-1-3-5-6/h6H,1-5H2,(H2,11,12,13,15,16). The lowest BCUT2D eigenvalue weighted by Crippen LogP contribution is -2.25. The van der Waals surface area contributed by atoms with Crippen molar-refractivity contribution < 1.29 is 0 Å². The molecule has 0 radical (unpaired) electrons. The van der Waals surface area contributed by atoms with Gasteiger partial charge in [0.25, 0.3) is 0 Å². The van der Waals surface area contributed by atoms with Crippen LogP contribution < -0.4 is 11.0 Å². The molecule has 0 bridgehead atoms. The summed E-state index contributed by atoms with van der Waals surface area (Å²) < 4.78 is 8.19. The van der Waals surface area contributed by atoms with Crippen LogP contribution in [0.1, 0.15) is 32.1 Å². The van der Waals surface area contributed by atoms with Crippen LogP contribution in [0.5, 0.6) is 0 Å². The van der Waals surface area contributed by atoms with Crippen LogP contribution >= 0.6 is 11.7 Å². The minimum atomic E-state index is -0.372. The van der Waals surface area contributed by atoms with Crippen molar-refractivity contribution in [3.63, 3.8) is 0 Å². The number of hydrogen-bond donors (Lipinski definition) is 2. The molecule has 7 heteroatoms. The van der Waals surface area contributed by atoms with Gasteiger partial charge in [0, 0.05) is 6.04 Å². The molecule has 1 fully saturated rings. The largest absolute Gasteiger partial charge is 0.365 e. The monoisotopic (exact) mass is 251 g/mol. The maximum atomic E-state index is 11.4. The van der Waals surface area contributed by atoms with Gasteiger partial charge in [-0.1, -0.05) is 19.3 Å². The number of aromatic nitrogens is 4. The van der Waals surface area contributed by atoms with Crippen molar-refractivity contribution in [2.24, 2.45) is 0 Å². The zero-order valence-electron chi connectivity index (χ0n) is 9.27. The molecule has 2 aromatic heterocycles. The first kappa shape index (κ1) is 10.6. The molecule has 0 aromatic carbocycles. The number of anilines is 1. The smallest absolute Gasteiger partial charge is 0.348 e. The molecule has 0 aliphatic heterocycles. The van der Waals surface area contributed by atoms with Gasteiger partial charge in [0.05, 0.1) is 11.7 Å². The Labute approximate surface area is 102 Å². The molecule has 0 atom stereocenters. The van der Waals surface area contributed by atoms with E-state index in [1.54, 1.807) is 0 Å². The summed E-state index contributed by atoms with van der Waals surface area (Å²) in [5.74, 6) is 0.574. The molecule has 0 spiro atoms. The molecule has 0 unspecified atom stereocenters. The lowest BCUT2D eigenvalue weighted by atomic mass is 9.95. The Kier molecular flexibility index (Phi) is 2.76. The zero-order valence-corrected chi connectivity index (χ0v) is 10.1. The van der Waals surface area contributed by atoms with Gasteiger partial charge in [0.1, 0.15) is 0 Å². The summed E-state index contributed by atoms with van der Waals surface area (Å²) in [6.45, 7) is 0. The van der Waals surface area contributed by atoms with Gasteiger partial charge in [-0.05, 0) is 12.8 Å². The molecule has 1 saturated carbocycles. The third-order valence-corrected chi connectivity index (χ3v) is 3.63. The van der Waals surface area contributed by atoms with Crippen molar-refractivity contribution in [1.82, 2.24) is 18.7 Å². The van der Waals surface area contributed by atoms with Crippen LogP contribution in [0.4, 0.5) is 5.82 Å². The third kappa shape index (κ3) is 2.14. The molecule has 0 amide bonds. The first-order valence-electron chi connectivity index (χ1n) is 5.82. The highest BCUT2D eigenvalue weighted by Gasteiger charge is 2.16. The van der Waals surface area contributed by atoms with E-state index in [0.717, 1.165) is 24.6 Å². The fourth-order valence-electron chi connectivity index (χ4n) is 2.25. The number of nitrogens with one attached hydrogen (secondary N) is 2. The van der Waals surface area contributed by atoms with E-state index in [0.29, 0.717) is 23.0 Å². The van der Waals surface area contributed by atoms with Crippen molar-refractivity contribution >= 4 is 28.7 Å². The van der Waals surface area contributed by atoms with Crippen LogP contribution in [0.15, 0.2) is 4.79 Å². The highest BCUT2D eigenvalue weighted by atomic mass is 32.1. The van der Waals surface area contributed by atoms with E-state index in [-0.39, 0.29) is 5.69 Å². The summed E-state index contributed by atoms with van der Waals surface area (Å²) in [6.07, 6.45) is 6.04. The Morgan fingerprint density at radius 1 is 1.24 bits per heavy atom. The maximum absolute atomic E-state index is 11.4. The molecule has 1 aliphatic carbocycles. The van der Waals surface area contributed by atoms with E-state index in [4.69, 9.17) is 0 Å². The van der Waals surface area contributed by atoms with Crippen LogP contribution in [0.2, 0.25) is 0 Å². The molecule has 3 rings (SSSR count). The number of H-pyrrole nitrogens is 1. The predicted octanol–water partition coefficient (Wildman–Crippen LogP) is 1.52. The van der Waals surface area contributed by atoms with Crippen LogP contribution in [-0.4, -0.2) is 24.8 Å². The lowest BCUT2D eigenvalue weighted by molar-refractivity contribution is 0.462. The zero-order chi connectivity index (χ0) is 11.7. The van der Waals surface area contributed by atoms with Crippen LogP contribution in [-0.2, 0) is 0 Å². The minimum Gasteiger partial charge on any atom is -0.365 e. The highest BCUT2D eigenvalue weighted by Crippen LogP contribution is 2.23. The Morgan fingerprint density at radius 3 is 2.88 bits per heavy atom. The van der Waals surface area contributed by atoms with E-state index < -0.39 is 0 Å². The van der Waals surface area contributed by atoms with E-state index in [9.17, 15) is 4.79 Å². The minimum absolute atomic E-state index is 0.372. The molecule has 6 nitrogen and oxygen atoms in total. The van der Waals surface area contributed by atoms with Crippen molar-refractivity contribution in [3.8, 4) is 0 Å². The molecule has 2 aromatic rings. The Morgan fingerprint density at radius 2 is 2.06 bits per heavy atom. The average Bonchev–Trinajstić information content (AvgIpc) is 2.78. The molecule has 2 N–H and O–H groups in total. The van der Waals surface area contributed by atoms with Gasteiger partial charge in [-0.15, -0.1) is 0 Å². The number of fused-ring (bicyclic) bond motifs is 1. The van der Waals surface area contributed by atoms with E-state index >= 15 is 0 Å². The van der Waals surface area contributed by atoms with Crippen molar-refractivity contribution in [1.29, 1.82) is 0 Å². The van der Waals surface area contributed by atoms with E-state index in [1.807, 2.05) is 0 Å². The van der Waals surface area contributed by atoms with Gasteiger partial charge >= 0.3 is 5.69 Å². The first-order valence-corrected chi connectivity index (χ1v) is 6.55. The Hall–Kier alpha value is -1.50. The van der Waals surface area contributed by atoms with Crippen molar-refractivity contribution in [2.75, 3.05) is 5.32 Å². The number of hydrogen-bond acceptors (Lipinski definition) is 6. The van der Waals surface area contributed by atoms with Crippen molar-refractivity contribution in [2.45, 2.75) is 38.1 Å². The van der Waals surface area contributed by atoms with Crippen LogP contribution in [0, 0.1) is 0 Å². The van der Waals surface area contributed by atoms with Crippen LogP contribution in [0.25, 0.3) is 11.2 Å². The molecule has 17 heavy (non-hydrogen) atoms. The molecule has 2 heterocycles. The van der Waals surface area contributed by atoms with Gasteiger partial charge in [-0.2, -0.15) is 13.7 Å². The summed E-state index contributed by atoms with van der Waals surface area (Å²) >= 11 is 1.09. The van der Waals surface area contributed by atoms with Crippen LogP contribution in [0.3, 0.4) is 0 Å². The predicted molar refractivity (Wildman–Crippen MR) is 66.3 cm³/mol. The number of rotatable bonds is 2. The lowest BCUT2D eigenvalue weighted by Gasteiger charge is -2.22.